The van der Waals surface area contributed by atoms with Crippen LogP contribution in [0, 0.1) is 6.92 Å². The summed E-state index contributed by atoms with van der Waals surface area (Å²) in [7, 11) is 0. The predicted octanol–water partition coefficient (Wildman–Crippen LogP) is 2.31. The first kappa shape index (κ1) is 12.1. The third-order valence-corrected chi connectivity index (χ3v) is 4.75. The van der Waals surface area contributed by atoms with E-state index in [1.807, 2.05) is 12.5 Å². The molecule has 0 unspecified atom stereocenters. The predicted molar refractivity (Wildman–Crippen MR) is 78.8 cm³/mol. The molecule has 0 bridgehead atoms. The van der Waals surface area contributed by atoms with Crippen molar-refractivity contribution in [3.63, 3.8) is 0 Å². The number of fused-ring (bicyclic) bond motifs is 2. The highest BCUT2D eigenvalue weighted by molar-refractivity contribution is 7.15. The highest BCUT2D eigenvalue weighted by Gasteiger charge is 2.18. The van der Waals surface area contributed by atoms with Gasteiger partial charge in [-0.3, -0.25) is 9.30 Å². The molecule has 0 aliphatic carbocycles. The van der Waals surface area contributed by atoms with E-state index in [-0.39, 0.29) is 0 Å². The summed E-state index contributed by atoms with van der Waals surface area (Å²) in [6.07, 6.45) is 7.23. The van der Waals surface area contributed by atoms with Crippen LogP contribution < -0.4 is 0 Å². The van der Waals surface area contributed by atoms with E-state index in [2.05, 4.69) is 42.3 Å². The number of imidazole rings is 2. The third-order valence-electron chi connectivity index (χ3n) is 3.99. The molecule has 0 saturated heterocycles. The molecule has 0 aromatic carbocycles. The van der Waals surface area contributed by atoms with Crippen molar-refractivity contribution in [1.29, 1.82) is 0 Å². The Morgan fingerprint density at radius 3 is 3.25 bits per heavy atom. The molecule has 4 rings (SSSR count). The normalized spacial score (nSPS) is 16.4. The van der Waals surface area contributed by atoms with Crippen LogP contribution in [0.4, 0.5) is 0 Å². The Balaban J connectivity index is 1.62. The first-order chi connectivity index (χ1) is 9.81. The molecule has 3 aromatic rings. The number of rotatable bonds is 2. The molecule has 0 N–H and O–H groups in total. The lowest BCUT2D eigenvalue weighted by Gasteiger charge is -2.19. The molecule has 20 heavy (non-hydrogen) atoms. The van der Waals surface area contributed by atoms with Crippen molar-refractivity contribution in [2.24, 2.45) is 0 Å². The monoisotopic (exact) mass is 287 g/mol. The molecule has 3 aromatic heterocycles. The lowest BCUT2D eigenvalue weighted by atomic mass is 10.3. The SMILES string of the molecule is Cc1nc2sccn2c1CN1CCCn2cncc2C1. The molecule has 0 fully saturated rings. The summed E-state index contributed by atoms with van der Waals surface area (Å²) in [5.41, 5.74) is 3.77. The lowest BCUT2D eigenvalue weighted by Crippen LogP contribution is -2.23. The van der Waals surface area contributed by atoms with Gasteiger partial charge in [0.2, 0.25) is 0 Å². The minimum absolute atomic E-state index is 0.953. The molecule has 6 heteroatoms. The average Bonchev–Trinajstić information content (AvgIpc) is 3.08. The molecular weight excluding hydrogens is 270 g/mol. The third kappa shape index (κ3) is 1.96. The van der Waals surface area contributed by atoms with Crippen LogP contribution in [0.3, 0.4) is 0 Å². The van der Waals surface area contributed by atoms with Crippen LogP contribution >= 0.6 is 11.3 Å². The van der Waals surface area contributed by atoms with E-state index in [1.54, 1.807) is 11.3 Å². The van der Waals surface area contributed by atoms with Crippen molar-refractivity contribution in [3.8, 4) is 0 Å². The smallest absolute Gasteiger partial charge is 0.194 e. The van der Waals surface area contributed by atoms with Gasteiger partial charge in [-0.25, -0.2) is 9.97 Å². The van der Waals surface area contributed by atoms with Crippen LogP contribution in [0.1, 0.15) is 23.5 Å². The van der Waals surface area contributed by atoms with Crippen LogP contribution in [0.25, 0.3) is 4.96 Å². The van der Waals surface area contributed by atoms with Gasteiger partial charge < -0.3 is 4.57 Å². The van der Waals surface area contributed by atoms with Crippen LogP contribution in [0.5, 0.6) is 0 Å². The molecule has 0 saturated carbocycles. The number of hydrogen-bond acceptors (Lipinski definition) is 4. The van der Waals surface area contributed by atoms with Crippen molar-refractivity contribution in [2.75, 3.05) is 6.54 Å². The molecule has 5 nitrogen and oxygen atoms in total. The maximum absolute atomic E-state index is 4.63. The second-order valence-corrected chi connectivity index (χ2v) is 6.22. The molecular formula is C14H17N5S. The second kappa shape index (κ2) is 4.71. The number of nitrogens with zero attached hydrogens (tertiary/aromatic N) is 5. The zero-order valence-electron chi connectivity index (χ0n) is 11.5. The van der Waals surface area contributed by atoms with Crippen molar-refractivity contribution in [2.45, 2.75) is 33.0 Å². The summed E-state index contributed by atoms with van der Waals surface area (Å²) in [4.78, 5) is 12.5. The zero-order valence-corrected chi connectivity index (χ0v) is 12.3. The first-order valence-electron chi connectivity index (χ1n) is 6.93. The molecule has 1 aliphatic rings. The topological polar surface area (TPSA) is 38.4 Å². The lowest BCUT2D eigenvalue weighted by molar-refractivity contribution is 0.256. The van der Waals surface area contributed by atoms with E-state index in [9.17, 15) is 0 Å². The maximum Gasteiger partial charge on any atom is 0.194 e. The number of aromatic nitrogens is 4. The van der Waals surface area contributed by atoms with Crippen molar-refractivity contribution < 1.29 is 0 Å². The van der Waals surface area contributed by atoms with Gasteiger partial charge in [0.05, 0.1) is 23.4 Å². The van der Waals surface area contributed by atoms with Crippen molar-refractivity contribution >= 4 is 16.3 Å². The summed E-state index contributed by atoms with van der Waals surface area (Å²) < 4.78 is 4.49. The minimum Gasteiger partial charge on any atom is -0.333 e. The number of hydrogen-bond donors (Lipinski definition) is 0. The summed E-state index contributed by atoms with van der Waals surface area (Å²) in [6, 6.07) is 0. The fourth-order valence-electron chi connectivity index (χ4n) is 2.93. The van der Waals surface area contributed by atoms with Gasteiger partial charge in [-0.05, 0) is 13.3 Å². The number of thiazole rings is 1. The van der Waals surface area contributed by atoms with Crippen LogP contribution in [0.15, 0.2) is 24.1 Å². The Bertz CT molecular complexity index is 738. The standard InChI is InChI=1S/C14H17N5S/c1-11-13(19-5-6-20-14(19)16-11)9-17-3-2-4-18-10-15-7-12(18)8-17/h5-7,10H,2-4,8-9H2,1H3. The molecule has 0 amide bonds. The first-order valence-corrected chi connectivity index (χ1v) is 7.81. The Labute approximate surface area is 121 Å². The quantitative estimate of drug-likeness (QED) is 0.726. The Morgan fingerprint density at radius 2 is 2.30 bits per heavy atom. The molecule has 104 valence electrons. The Hall–Kier alpha value is -1.66. The van der Waals surface area contributed by atoms with Crippen molar-refractivity contribution in [1.82, 2.24) is 23.8 Å². The van der Waals surface area contributed by atoms with Gasteiger partial charge in [-0.15, -0.1) is 11.3 Å². The number of aryl methyl sites for hydroxylation is 2. The highest BCUT2D eigenvalue weighted by atomic mass is 32.1. The summed E-state index contributed by atoms with van der Waals surface area (Å²) in [5.74, 6) is 0. The molecule has 0 atom stereocenters. The summed E-state index contributed by atoms with van der Waals surface area (Å²) >= 11 is 1.70. The van der Waals surface area contributed by atoms with E-state index < -0.39 is 0 Å². The molecule has 0 spiro atoms. The summed E-state index contributed by atoms with van der Waals surface area (Å²) in [6.45, 7) is 6.23. The van der Waals surface area contributed by atoms with Gasteiger partial charge in [0.25, 0.3) is 0 Å². The van der Waals surface area contributed by atoms with E-state index in [4.69, 9.17) is 0 Å². The molecule has 0 radical (unpaired) electrons. The van der Waals surface area contributed by atoms with Gasteiger partial charge >= 0.3 is 0 Å². The average molecular weight is 287 g/mol. The van der Waals surface area contributed by atoms with Crippen LogP contribution in [0.2, 0.25) is 0 Å². The second-order valence-electron chi connectivity index (χ2n) is 5.34. The van der Waals surface area contributed by atoms with Gasteiger partial charge in [0.15, 0.2) is 4.96 Å². The molecule has 4 heterocycles. The minimum atomic E-state index is 0.953. The maximum atomic E-state index is 4.63. The van der Waals surface area contributed by atoms with Gasteiger partial charge in [0, 0.05) is 44.0 Å². The van der Waals surface area contributed by atoms with Crippen LogP contribution in [-0.2, 0) is 19.6 Å². The Morgan fingerprint density at radius 1 is 1.35 bits per heavy atom. The molecule has 1 aliphatic heterocycles. The summed E-state index contributed by atoms with van der Waals surface area (Å²) in [5, 5.41) is 2.10. The van der Waals surface area contributed by atoms with E-state index in [0.29, 0.717) is 0 Å². The highest BCUT2D eigenvalue weighted by Crippen LogP contribution is 2.20. The Kier molecular flexibility index (Phi) is 2.85. The zero-order chi connectivity index (χ0) is 13.5. The van der Waals surface area contributed by atoms with Gasteiger partial charge in [-0.2, -0.15) is 0 Å². The van der Waals surface area contributed by atoms with Gasteiger partial charge in [-0.1, -0.05) is 0 Å². The van der Waals surface area contributed by atoms with E-state index in [1.165, 1.54) is 17.8 Å². The largest absolute Gasteiger partial charge is 0.333 e. The van der Waals surface area contributed by atoms with Crippen molar-refractivity contribution in [3.05, 3.63) is 41.2 Å². The fraction of sp³-hybridized carbons (Fsp3) is 0.429. The van der Waals surface area contributed by atoms with Crippen LogP contribution in [-0.4, -0.2) is 30.4 Å². The van der Waals surface area contributed by atoms with E-state index >= 15 is 0 Å². The van der Waals surface area contributed by atoms with E-state index in [0.717, 1.165) is 36.8 Å². The fourth-order valence-corrected chi connectivity index (χ4v) is 3.71. The van der Waals surface area contributed by atoms with Gasteiger partial charge in [0.1, 0.15) is 0 Å².